The Morgan fingerprint density at radius 2 is 1.94 bits per heavy atom. The molecule has 0 aromatic heterocycles. The van der Waals surface area contributed by atoms with Crippen molar-refractivity contribution >= 4 is 11.6 Å². The fraction of sp³-hybridized carbons (Fsp3) is 0.143. The summed E-state index contributed by atoms with van der Waals surface area (Å²) in [5.74, 6) is 0.608. The second kappa shape index (κ2) is 5.85. The number of hydrogen-bond donors (Lipinski definition) is 1. The smallest absolute Gasteiger partial charge is 0.145 e. The second-order valence-electron chi connectivity index (χ2n) is 3.82. The van der Waals surface area contributed by atoms with Crippen LogP contribution in [-0.2, 0) is 6.42 Å². The Labute approximate surface area is 110 Å². The van der Waals surface area contributed by atoms with E-state index in [-0.39, 0.29) is 5.02 Å². The molecular weight excluding hydrogens is 253 g/mol. The van der Waals surface area contributed by atoms with Gasteiger partial charge in [-0.25, -0.2) is 4.39 Å². The second-order valence-corrected chi connectivity index (χ2v) is 4.23. The summed E-state index contributed by atoms with van der Waals surface area (Å²) in [5.41, 5.74) is 6.53. The van der Waals surface area contributed by atoms with E-state index in [9.17, 15) is 4.39 Å². The molecule has 2 N–H and O–H groups in total. The summed E-state index contributed by atoms with van der Waals surface area (Å²) in [5, 5.41) is 0.0811. The molecule has 0 spiro atoms. The molecule has 2 aromatic rings. The molecule has 0 radical (unpaired) electrons. The van der Waals surface area contributed by atoms with Crippen LogP contribution in [-0.4, -0.2) is 6.54 Å². The molecule has 0 aliphatic rings. The van der Waals surface area contributed by atoms with E-state index in [1.54, 1.807) is 6.07 Å². The normalized spacial score (nSPS) is 10.4. The lowest BCUT2D eigenvalue weighted by Crippen LogP contribution is -2.03. The molecule has 4 heteroatoms. The number of para-hydroxylation sites is 1. The molecule has 0 fully saturated rings. The molecule has 0 heterocycles. The van der Waals surface area contributed by atoms with Crippen molar-refractivity contribution in [3.8, 4) is 11.5 Å². The van der Waals surface area contributed by atoms with Crippen LogP contribution in [0.2, 0.25) is 5.02 Å². The van der Waals surface area contributed by atoms with Gasteiger partial charge < -0.3 is 10.5 Å². The van der Waals surface area contributed by atoms with Gasteiger partial charge in [-0.1, -0.05) is 29.8 Å². The van der Waals surface area contributed by atoms with Crippen LogP contribution in [0, 0.1) is 5.82 Å². The van der Waals surface area contributed by atoms with E-state index in [1.165, 1.54) is 12.1 Å². The summed E-state index contributed by atoms with van der Waals surface area (Å²) in [6.07, 6.45) is 0.715. The fourth-order valence-electron chi connectivity index (χ4n) is 1.63. The molecule has 0 saturated carbocycles. The molecule has 0 bridgehead atoms. The largest absolute Gasteiger partial charge is 0.457 e. The minimum atomic E-state index is -0.495. The standard InChI is InChI=1S/C14H13ClFNO/c15-12-6-5-11(9-13(12)16)18-14-4-2-1-3-10(14)7-8-17/h1-6,9H,7-8,17H2. The minimum absolute atomic E-state index is 0.0811. The van der Waals surface area contributed by atoms with Crippen molar-refractivity contribution in [1.82, 2.24) is 0 Å². The monoisotopic (exact) mass is 265 g/mol. The number of ether oxygens (including phenoxy) is 1. The van der Waals surface area contributed by atoms with Gasteiger partial charge in [0.1, 0.15) is 17.3 Å². The first-order valence-electron chi connectivity index (χ1n) is 5.61. The average Bonchev–Trinajstić information content (AvgIpc) is 2.37. The van der Waals surface area contributed by atoms with Crippen LogP contribution in [0.4, 0.5) is 4.39 Å². The van der Waals surface area contributed by atoms with Gasteiger partial charge in [0, 0.05) is 6.07 Å². The molecular formula is C14H13ClFNO. The quantitative estimate of drug-likeness (QED) is 0.913. The van der Waals surface area contributed by atoms with Crippen LogP contribution in [0.15, 0.2) is 42.5 Å². The van der Waals surface area contributed by atoms with Crippen molar-refractivity contribution in [1.29, 1.82) is 0 Å². The Balaban J connectivity index is 2.25. The maximum atomic E-state index is 13.3. The van der Waals surface area contributed by atoms with Crippen molar-refractivity contribution in [2.75, 3.05) is 6.54 Å². The van der Waals surface area contributed by atoms with E-state index in [0.717, 1.165) is 5.56 Å². The third-order valence-corrected chi connectivity index (χ3v) is 2.81. The van der Waals surface area contributed by atoms with Gasteiger partial charge in [-0.2, -0.15) is 0 Å². The predicted molar refractivity (Wildman–Crippen MR) is 70.7 cm³/mol. The maximum Gasteiger partial charge on any atom is 0.145 e. The SMILES string of the molecule is NCCc1ccccc1Oc1ccc(Cl)c(F)c1. The topological polar surface area (TPSA) is 35.2 Å². The van der Waals surface area contributed by atoms with E-state index in [1.807, 2.05) is 24.3 Å². The third-order valence-electron chi connectivity index (χ3n) is 2.51. The number of nitrogens with two attached hydrogens (primary N) is 1. The Morgan fingerprint density at radius 1 is 1.17 bits per heavy atom. The lowest BCUT2D eigenvalue weighted by atomic mass is 10.1. The van der Waals surface area contributed by atoms with Gasteiger partial charge in [-0.15, -0.1) is 0 Å². The van der Waals surface area contributed by atoms with Crippen LogP contribution in [0.1, 0.15) is 5.56 Å². The van der Waals surface area contributed by atoms with Gasteiger partial charge in [0.25, 0.3) is 0 Å². The first kappa shape index (κ1) is 12.9. The molecule has 0 atom stereocenters. The number of hydrogen-bond acceptors (Lipinski definition) is 2. The van der Waals surface area contributed by atoms with E-state index in [4.69, 9.17) is 22.1 Å². The molecule has 18 heavy (non-hydrogen) atoms. The summed E-state index contributed by atoms with van der Waals surface area (Å²) in [6.45, 7) is 0.537. The van der Waals surface area contributed by atoms with Crippen LogP contribution in [0.3, 0.4) is 0 Å². The Bertz CT molecular complexity index is 545. The highest BCUT2D eigenvalue weighted by Gasteiger charge is 2.06. The van der Waals surface area contributed by atoms with Crippen LogP contribution in [0.5, 0.6) is 11.5 Å². The van der Waals surface area contributed by atoms with Crippen molar-refractivity contribution < 1.29 is 9.13 Å². The highest BCUT2D eigenvalue weighted by Crippen LogP contribution is 2.28. The molecule has 0 aliphatic carbocycles. The highest BCUT2D eigenvalue weighted by atomic mass is 35.5. The molecule has 0 amide bonds. The van der Waals surface area contributed by atoms with Gasteiger partial charge >= 0.3 is 0 Å². The van der Waals surface area contributed by atoms with Crippen molar-refractivity contribution in [2.45, 2.75) is 6.42 Å². The molecule has 0 aliphatic heterocycles. The zero-order chi connectivity index (χ0) is 13.0. The summed E-state index contributed by atoms with van der Waals surface area (Å²) in [4.78, 5) is 0. The summed E-state index contributed by atoms with van der Waals surface area (Å²) >= 11 is 5.62. The highest BCUT2D eigenvalue weighted by molar-refractivity contribution is 6.30. The molecule has 94 valence electrons. The van der Waals surface area contributed by atoms with E-state index in [0.29, 0.717) is 24.5 Å². The Morgan fingerprint density at radius 3 is 2.67 bits per heavy atom. The third kappa shape index (κ3) is 3.00. The van der Waals surface area contributed by atoms with Crippen LogP contribution < -0.4 is 10.5 Å². The van der Waals surface area contributed by atoms with Gasteiger partial charge in [-0.05, 0) is 36.7 Å². The first-order valence-corrected chi connectivity index (χ1v) is 5.99. The molecule has 0 saturated heterocycles. The van der Waals surface area contributed by atoms with Crippen LogP contribution >= 0.6 is 11.6 Å². The number of halogens is 2. The zero-order valence-corrected chi connectivity index (χ0v) is 10.5. The van der Waals surface area contributed by atoms with Crippen LogP contribution in [0.25, 0.3) is 0 Å². The van der Waals surface area contributed by atoms with Gasteiger partial charge in [0.15, 0.2) is 0 Å². The summed E-state index contributed by atoms with van der Waals surface area (Å²) in [6, 6.07) is 11.9. The minimum Gasteiger partial charge on any atom is -0.457 e. The van der Waals surface area contributed by atoms with Gasteiger partial charge in [0.2, 0.25) is 0 Å². The first-order chi connectivity index (χ1) is 8.70. The number of benzene rings is 2. The van der Waals surface area contributed by atoms with Gasteiger partial charge in [0.05, 0.1) is 5.02 Å². The van der Waals surface area contributed by atoms with Gasteiger partial charge in [-0.3, -0.25) is 0 Å². The predicted octanol–water partition coefficient (Wildman–Crippen LogP) is 3.77. The Kier molecular flexibility index (Phi) is 4.18. The molecule has 0 unspecified atom stereocenters. The summed E-state index contributed by atoms with van der Waals surface area (Å²) in [7, 11) is 0. The maximum absolute atomic E-state index is 13.3. The fourth-order valence-corrected chi connectivity index (χ4v) is 1.75. The van der Waals surface area contributed by atoms with E-state index in [2.05, 4.69) is 0 Å². The molecule has 2 nitrogen and oxygen atoms in total. The lowest BCUT2D eigenvalue weighted by Gasteiger charge is -2.10. The van der Waals surface area contributed by atoms with E-state index >= 15 is 0 Å². The zero-order valence-electron chi connectivity index (χ0n) is 9.70. The van der Waals surface area contributed by atoms with E-state index < -0.39 is 5.82 Å². The Hall–Kier alpha value is -1.58. The van der Waals surface area contributed by atoms with Crippen molar-refractivity contribution in [3.63, 3.8) is 0 Å². The van der Waals surface area contributed by atoms with Crippen molar-refractivity contribution in [3.05, 3.63) is 58.9 Å². The molecule has 2 aromatic carbocycles. The summed E-state index contributed by atoms with van der Waals surface area (Å²) < 4.78 is 18.9. The molecule has 2 rings (SSSR count). The van der Waals surface area contributed by atoms with Crippen molar-refractivity contribution in [2.24, 2.45) is 5.73 Å². The lowest BCUT2D eigenvalue weighted by molar-refractivity contribution is 0.471. The number of rotatable bonds is 4. The average molecular weight is 266 g/mol.